The molecule has 0 aromatic carbocycles. The Morgan fingerprint density at radius 1 is 1.05 bits per heavy atom. The molecule has 0 heterocycles. The zero-order chi connectivity index (χ0) is 16.6. The maximum Gasteiger partial charge on any atom is 0.428 e. The average molecular weight is 314 g/mol. The van der Waals surface area contributed by atoms with E-state index in [0.29, 0.717) is 0 Å². The number of hydrogen-bond acceptors (Lipinski definition) is 2. The van der Waals surface area contributed by atoms with E-state index in [4.69, 9.17) is 0 Å². The molecule has 0 aromatic rings. The number of alkyl halides is 8. The van der Waals surface area contributed by atoms with Crippen molar-refractivity contribution in [2.24, 2.45) is 0 Å². The number of rotatable bonds is 5. The second-order valence-electron chi connectivity index (χ2n) is 3.85. The van der Waals surface area contributed by atoms with Gasteiger partial charge in [0.15, 0.2) is 0 Å². The SMILES string of the molecule is C=C(C(=O)OCC)C(F)(F)C(F)(F)C(C)(F)C(F)(F)F. The molecule has 1 unspecified atom stereocenters. The summed E-state index contributed by atoms with van der Waals surface area (Å²) in [5.41, 5.74) is -7.84. The molecular formula is C10H10F8O2. The minimum Gasteiger partial charge on any atom is -0.462 e. The van der Waals surface area contributed by atoms with E-state index < -0.39 is 48.8 Å². The predicted octanol–water partition coefficient (Wildman–Crippen LogP) is 3.67. The molecule has 0 bridgehead atoms. The van der Waals surface area contributed by atoms with Crippen molar-refractivity contribution in [3.63, 3.8) is 0 Å². The summed E-state index contributed by atoms with van der Waals surface area (Å²) in [5.74, 6) is -14.1. The Kier molecular flexibility index (Phi) is 4.86. The molecule has 0 saturated carbocycles. The maximum atomic E-state index is 13.3. The second-order valence-corrected chi connectivity index (χ2v) is 3.85. The topological polar surface area (TPSA) is 26.3 Å². The van der Waals surface area contributed by atoms with Gasteiger partial charge in [-0.2, -0.15) is 30.7 Å². The fourth-order valence-corrected chi connectivity index (χ4v) is 1.01. The second kappa shape index (κ2) is 5.21. The molecule has 0 amide bonds. The Morgan fingerprint density at radius 2 is 1.45 bits per heavy atom. The van der Waals surface area contributed by atoms with Crippen LogP contribution in [0.15, 0.2) is 12.2 Å². The summed E-state index contributed by atoms with van der Waals surface area (Å²) >= 11 is 0. The van der Waals surface area contributed by atoms with Gasteiger partial charge in [0.1, 0.15) is 5.57 Å². The maximum absolute atomic E-state index is 13.3. The summed E-state index contributed by atoms with van der Waals surface area (Å²) in [7, 11) is 0. The molecule has 0 saturated heterocycles. The van der Waals surface area contributed by atoms with E-state index in [-0.39, 0.29) is 0 Å². The van der Waals surface area contributed by atoms with E-state index in [1.807, 2.05) is 0 Å². The van der Waals surface area contributed by atoms with E-state index in [1.165, 1.54) is 0 Å². The number of esters is 1. The quantitative estimate of drug-likeness (QED) is 0.440. The third-order valence-electron chi connectivity index (χ3n) is 2.42. The van der Waals surface area contributed by atoms with E-state index in [2.05, 4.69) is 11.3 Å². The summed E-state index contributed by atoms with van der Waals surface area (Å²) in [5, 5.41) is 0. The van der Waals surface area contributed by atoms with Crippen LogP contribution >= 0.6 is 0 Å². The van der Waals surface area contributed by atoms with Gasteiger partial charge in [0.25, 0.3) is 5.67 Å². The van der Waals surface area contributed by atoms with Crippen molar-refractivity contribution in [3.05, 3.63) is 12.2 Å². The van der Waals surface area contributed by atoms with Crippen LogP contribution in [0, 0.1) is 0 Å². The van der Waals surface area contributed by atoms with Crippen molar-refractivity contribution in [3.8, 4) is 0 Å². The molecule has 0 aromatic heterocycles. The van der Waals surface area contributed by atoms with Gasteiger partial charge < -0.3 is 4.74 Å². The van der Waals surface area contributed by atoms with E-state index >= 15 is 0 Å². The van der Waals surface area contributed by atoms with Gasteiger partial charge in [0, 0.05) is 0 Å². The molecule has 10 heteroatoms. The first-order chi connectivity index (χ1) is 8.64. The normalized spacial score (nSPS) is 16.5. The van der Waals surface area contributed by atoms with Gasteiger partial charge in [-0.05, 0) is 13.8 Å². The molecule has 0 rings (SSSR count). The van der Waals surface area contributed by atoms with Gasteiger partial charge >= 0.3 is 24.0 Å². The molecule has 0 fully saturated rings. The molecule has 1 atom stereocenters. The fraction of sp³-hybridized carbons (Fsp3) is 0.700. The molecule has 0 aliphatic carbocycles. The molecule has 2 nitrogen and oxygen atoms in total. The van der Waals surface area contributed by atoms with Gasteiger partial charge in [-0.1, -0.05) is 6.58 Å². The molecular weight excluding hydrogens is 304 g/mol. The monoisotopic (exact) mass is 314 g/mol. The first-order valence-corrected chi connectivity index (χ1v) is 5.02. The third kappa shape index (κ3) is 2.73. The highest BCUT2D eigenvalue weighted by molar-refractivity contribution is 5.89. The van der Waals surface area contributed by atoms with Crippen molar-refractivity contribution in [1.82, 2.24) is 0 Å². The smallest absolute Gasteiger partial charge is 0.428 e. The summed E-state index contributed by atoms with van der Waals surface area (Å²) < 4.78 is 107. The minimum atomic E-state index is -6.28. The number of halogens is 8. The lowest BCUT2D eigenvalue weighted by Crippen LogP contribution is -2.62. The van der Waals surface area contributed by atoms with Gasteiger partial charge in [-0.3, -0.25) is 0 Å². The summed E-state index contributed by atoms with van der Waals surface area (Å²) in [4.78, 5) is 10.9. The molecule has 0 radical (unpaired) electrons. The van der Waals surface area contributed by atoms with Crippen LogP contribution in [-0.4, -0.2) is 36.3 Å². The Bertz CT molecular complexity index is 397. The number of ether oxygens (including phenoxy) is 1. The van der Waals surface area contributed by atoms with Crippen molar-refractivity contribution in [2.45, 2.75) is 37.5 Å². The number of carbonyl (C=O) groups is 1. The van der Waals surface area contributed by atoms with Crippen LogP contribution in [0.25, 0.3) is 0 Å². The Labute approximate surface area is 108 Å². The van der Waals surface area contributed by atoms with Gasteiger partial charge in [0.05, 0.1) is 6.61 Å². The molecule has 0 N–H and O–H groups in total. The molecule has 0 aliphatic rings. The van der Waals surface area contributed by atoms with Gasteiger partial charge in [-0.25, -0.2) is 9.18 Å². The number of carbonyl (C=O) groups excluding carboxylic acids is 1. The van der Waals surface area contributed by atoms with Crippen LogP contribution in [0.5, 0.6) is 0 Å². The van der Waals surface area contributed by atoms with Crippen molar-refractivity contribution in [1.29, 1.82) is 0 Å². The molecule has 0 spiro atoms. The Balaban J connectivity index is 5.69. The van der Waals surface area contributed by atoms with Crippen molar-refractivity contribution >= 4 is 5.97 Å². The lowest BCUT2D eigenvalue weighted by molar-refractivity contribution is -0.339. The van der Waals surface area contributed by atoms with Gasteiger partial charge in [-0.15, -0.1) is 0 Å². The highest BCUT2D eigenvalue weighted by Gasteiger charge is 2.78. The molecule has 0 aliphatic heterocycles. The highest BCUT2D eigenvalue weighted by Crippen LogP contribution is 2.53. The first-order valence-electron chi connectivity index (χ1n) is 5.02. The zero-order valence-electron chi connectivity index (χ0n) is 10.3. The summed E-state index contributed by atoms with van der Waals surface area (Å²) in [6.07, 6.45) is -6.28. The van der Waals surface area contributed by atoms with Crippen LogP contribution in [0.4, 0.5) is 35.1 Å². The van der Waals surface area contributed by atoms with Crippen LogP contribution in [0.3, 0.4) is 0 Å². The summed E-state index contributed by atoms with van der Waals surface area (Å²) in [6, 6.07) is 0. The zero-order valence-corrected chi connectivity index (χ0v) is 10.3. The van der Waals surface area contributed by atoms with E-state index in [1.54, 1.807) is 0 Å². The average Bonchev–Trinajstić information content (AvgIpc) is 2.26. The van der Waals surface area contributed by atoms with Crippen molar-refractivity contribution < 1.29 is 44.7 Å². The largest absolute Gasteiger partial charge is 0.462 e. The lowest BCUT2D eigenvalue weighted by atomic mass is 9.90. The molecule has 20 heavy (non-hydrogen) atoms. The Morgan fingerprint density at radius 3 is 1.75 bits per heavy atom. The van der Waals surface area contributed by atoms with Gasteiger partial charge in [0.2, 0.25) is 0 Å². The van der Waals surface area contributed by atoms with Crippen LogP contribution < -0.4 is 0 Å². The first kappa shape index (κ1) is 18.7. The standard InChI is InChI=1S/C10H10F8O2/c1-4-20-6(19)5(2)8(12,13)9(14,15)7(3,11)10(16,17)18/h2,4H2,1,3H3. The van der Waals surface area contributed by atoms with E-state index in [0.717, 1.165) is 6.92 Å². The Hall–Kier alpha value is -1.35. The van der Waals surface area contributed by atoms with Crippen LogP contribution in [-0.2, 0) is 9.53 Å². The number of hydrogen-bond donors (Lipinski definition) is 0. The predicted molar refractivity (Wildman–Crippen MR) is 51.2 cm³/mol. The van der Waals surface area contributed by atoms with Crippen LogP contribution in [0.2, 0.25) is 0 Å². The minimum absolute atomic E-state index is 0.508. The lowest BCUT2D eigenvalue weighted by Gasteiger charge is -2.36. The van der Waals surface area contributed by atoms with Crippen LogP contribution in [0.1, 0.15) is 13.8 Å². The fourth-order valence-electron chi connectivity index (χ4n) is 1.01. The third-order valence-corrected chi connectivity index (χ3v) is 2.42. The van der Waals surface area contributed by atoms with E-state index in [9.17, 15) is 39.9 Å². The highest BCUT2D eigenvalue weighted by atomic mass is 19.4. The molecule has 118 valence electrons. The summed E-state index contributed by atoms with van der Waals surface area (Å²) in [6.45, 7) is 2.14. The van der Waals surface area contributed by atoms with Crippen molar-refractivity contribution in [2.75, 3.05) is 6.61 Å².